The van der Waals surface area contributed by atoms with Crippen LogP contribution in [0.4, 0.5) is 5.95 Å². The maximum atomic E-state index is 13.9. The lowest BCUT2D eigenvalue weighted by Gasteiger charge is -2.29. The third kappa shape index (κ3) is 6.28. The predicted octanol–water partition coefficient (Wildman–Crippen LogP) is 1.17. The summed E-state index contributed by atoms with van der Waals surface area (Å²) in [4.78, 5) is 24.7. The number of carbonyl (C=O) groups is 1. The van der Waals surface area contributed by atoms with Gasteiger partial charge in [0.2, 0.25) is 11.8 Å². The zero-order chi connectivity index (χ0) is 29.9. The average Bonchev–Trinajstić information content (AvgIpc) is 3.46. The van der Waals surface area contributed by atoms with Crippen molar-refractivity contribution in [2.24, 2.45) is 0 Å². The minimum atomic E-state index is -4.38. The maximum absolute atomic E-state index is 13.9. The van der Waals surface area contributed by atoms with Crippen LogP contribution in [-0.2, 0) is 23.4 Å². The van der Waals surface area contributed by atoms with Crippen LogP contribution in [-0.4, -0.2) is 79.4 Å². The van der Waals surface area contributed by atoms with E-state index in [0.717, 1.165) is 0 Å². The van der Waals surface area contributed by atoms with E-state index in [1.54, 1.807) is 32.0 Å². The number of aliphatic hydroxyl groups excluding tert-OH is 2. The van der Waals surface area contributed by atoms with Crippen LogP contribution in [0.25, 0.3) is 11.2 Å². The lowest BCUT2D eigenvalue weighted by molar-refractivity contribution is -0.149. The van der Waals surface area contributed by atoms with Crippen molar-refractivity contribution in [1.82, 2.24) is 24.6 Å². The highest BCUT2D eigenvalue weighted by atomic mass is 31.2. The highest BCUT2D eigenvalue weighted by molar-refractivity contribution is 7.52. The number of terminal acetylenes is 1. The number of anilines is 1. The Hall–Kier alpha value is -3.77. The fourth-order valence-corrected chi connectivity index (χ4v) is 5.56. The molecule has 220 valence electrons. The SMILES string of the molecule is C#C[C@]1(CO[P@@](=O)(N[C@@H](C)C(=O)OC(C)C)Oc2ccccc2)O[C@@H](n2cnc3c(OC)nc(N)nc32)C(O)[C@H]1O. The number of ether oxygens (including phenoxy) is 3. The normalized spacial score (nSPS) is 24.5. The van der Waals surface area contributed by atoms with Crippen molar-refractivity contribution in [2.75, 3.05) is 19.5 Å². The summed E-state index contributed by atoms with van der Waals surface area (Å²) in [6.07, 6.45) is 1.95. The first-order chi connectivity index (χ1) is 19.4. The van der Waals surface area contributed by atoms with Gasteiger partial charge in [-0.15, -0.1) is 6.42 Å². The second-order valence-electron chi connectivity index (χ2n) is 9.40. The summed E-state index contributed by atoms with van der Waals surface area (Å²) in [6, 6.07) is 6.94. The molecule has 5 N–H and O–H groups in total. The molecule has 0 aliphatic carbocycles. The van der Waals surface area contributed by atoms with Crippen LogP contribution < -0.4 is 20.1 Å². The minimum Gasteiger partial charge on any atom is -0.479 e. The summed E-state index contributed by atoms with van der Waals surface area (Å²) in [6.45, 7) is 4.02. The van der Waals surface area contributed by atoms with Gasteiger partial charge in [-0.2, -0.15) is 15.1 Å². The van der Waals surface area contributed by atoms with Gasteiger partial charge in [0.1, 0.15) is 30.6 Å². The number of hydrogen-bond donors (Lipinski definition) is 4. The van der Waals surface area contributed by atoms with Gasteiger partial charge in [-0.3, -0.25) is 13.9 Å². The number of hydrogen-bond acceptors (Lipinski definition) is 13. The van der Waals surface area contributed by atoms with E-state index < -0.39 is 56.5 Å². The number of nitrogens with two attached hydrogens (primary N) is 1. The second kappa shape index (κ2) is 12.0. The molecular formula is C25H31N6O9P. The van der Waals surface area contributed by atoms with Crippen LogP contribution in [0.2, 0.25) is 0 Å². The molecule has 0 radical (unpaired) electrons. The van der Waals surface area contributed by atoms with Crippen LogP contribution in [0.3, 0.4) is 0 Å². The molecule has 3 heterocycles. The van der Waals surface area contributed by atoms with E-state index in [0.29, 0.717) is 0 Å². The number of esters is 1. The van der Waals surface area contributed by atoms with E-state index in [2.05, 4.69) is 26.0 Å². The average molecular weight is 591 g/mol. The van der Waals surface area contributed by atoms with Gasteiger partial charge in [0.25, 0.3) is 0 Å². The number of imidazole rings is 1. The molecule has 1 aromatic carbocycles. The Labute approximate surface area is 235 Å². The number of para-hydroxylation sites is 1. The van der Waals surface area contributed by atoms with Gasteiger partial charge in [0.05, 0.1) is 19.5 Å². The van der Waals surface area contributed by atoms with Crippen LogP contribution in [0.1, 0.15) is 27.0 Å². The fraction of sp³-hybridized carbons (Fsp3) is 0.440. The number of rotatable bonds is 11. The molecule has 1 aliphatic heterocycles. The monoisotopic (exact) mass is 590 g/mol. The Balaban J connectivity index is 1.61. The quantitative estimate of drug-likeness (QED) is 0.141. The molecule has 16 heteroatoms. The zero-order valence-electron chi connectivity index (χ0n) is 22.7. The van der Waals surface area contributed by atoms with E-state index in [9.17, 15) is 19.6 Å². The molecule has 6 atom stereocenters. The molecule has 0 spiro atoms. The molecule has 1 saturated heterocycles. The topological polar surface area (TPSA) is 202 Å². The highest BCUT2D eigenvalue weighted by Gasteiger charge is 2.56. The van der Waals surface area contributed by atoms with E-state index >= 15 is 0 Å². The van der Waals surface area contributed by atoms with Crippen molar-refractivity contribution in [3.05, 3.63) is 36.7 Å². The molecule has 1 fully saturated rings. The number of methoxy groups -OCH3 is 1. The van der Waals surface area contributed by atoms with Crippen molar-refractivity contribution in [2.45, 2.75) is 57.0 Å². The van der Waals surface area contributed by atoms with Gasteiger partial charge in [-0.1, -0.05) is 24.1 Å². The number of carbonyl (C=O) groups excluding carboxylic acids is 1. The maximum Gasteiger partial charge on any atom is 0.459 e. The Morgan fingerprint density at radius 1 is 1.29 bits per heavy atom. The van der Waals surface area contributed by atoms with E-state index in [-0.39, 0.29) is 28.7 Å². The van der Waals surface area contributed by atoms with Crippen molar-refractivity contribution >= 4 is 30.8 Å². The molecule has 0 bridgehead atoms. The first kappa shape index (κ1) is 30.2. The fourth-order valence-electron chi connectivity index (χ4n) is 4.04. The van der Waals surface area contributed by atoms with Gasteiger partial charge in [-0.05, 0) is 32.9 Å². The molecule has 0 saturated carbocycles. The number of fused-ring (bicyclic) bond motifs is 1. The largest absolute Gasteiger partial charge is 0.479 e. The van der Waals surface area contributed by atoms with E-state index in [4.69, 9.17) is 35.4 Å². The molecular weight excluding hydrogens is 559 g/mol. The molecule has 2 aromatic heterocycles. The first-order valence-corrected chi connectivity index (χ1v) is 14.0. The second-order valence-corrected chi connectivity index (χ2v) is 11.1. The summed E-state index contributed by atoms with van der Waals surface area (Å²) >= 11 is 0. The van der Waals surface area contributed by atoms with Crippen molar-refractivity contribution < 1.29 is 42.8 Å². The Morgan fingerprint density at radius 3 is 2.63 bits per heavy atom. The first-order valence-electron chi connectivity index (χ1n) is 12.4. The Morgan fingerprint density at radius 2 is 2.00 bits per heavy atom. The highest BCUT2D eigenvalue weighted by Crippen LogP contribution is 2.48. The number of aliphatic hydroxyl groups is 2. The smallest absolute Gasteiger partial charge is 0.459 e. The van der Waals surface area contributed by atoms with Crippen LogP contribution in [0.15, 0.2) is 36.7 Å². The predicted molar refractivity (Wildman–Crippen MR) is 144 cm³/mol. The van der Waals surface area contributed by atoms with E-state index in [1.807, 2.05) is 0 Å². The van der Waals surface area contributed by atoms with Gasteiger partial charge >= 0.3 is 13.7 Å². The Kier molecular flexibility index (Phi) is 8.83. The molecule has 3 aromatic rings. The lowest BCUT2D eigenvalue weighted by atomic mass is 9.97. The van der Waals surface area contributed by atoms with Crippen LogP contribution in [0.5, 0.6) is 11.6 Å². The lowest BCUT2D eigenvalue weighted by Crippen LogP contribution is -2.46. The van der Waals surface area contributed by atoms with Gasteiger partial charge in [-0.25, -0.2) is 9.55 Å². The Bertz CT molecular complexity index is 1480. The van der Waals surface area contributed by atoms with Gasteiger partial charge in [0, 0.05) is 0 Å². The number of nitrogens with zero attached hydrogens (tertiary/aromatic N) is 4. The molecule has 1 unspecified atom stereocenters. The molecule has 41 heavy (non-hydrogen) atoms. The summed E-state index contributed by atoms with van der Waals surface area (Å²) in [5.74, 6) is 1.70. The number of nitrogens with one attached hydrogen (secondary N) is 1. The molecule has 1 aliphatic rings. The molecule has 15 nitrogen and oxygen atoms in total. The van der Waals surface area contributed by atoms with Crippen molar-refractivity contribution in [1.29, 1.82) is 0 Å². The summed E-state index contributed by atoms with van der Waals surface area (Å²) in [5.41, 5.74) is 4.11. The zero-order valence-corrected chi connectivity index (χ0v) is 23.6. The van der Waals surface area contributed by atoms with Crippen molar-refractivity contribution in [3.8, 4) is 24.0 Å². The van der Waals surface area contributed by atoms with Crippen LogP contribution in [0, 0.1) is 12.3 Å². The summed E-state index contributed by atoms with van der Waals surface area (Å²) in [5, 5.41) is 24.5. The third-order valence-electron chi connectivity index (χ3n) is 6.02. The number of aromatic nitrogens is 4. The van der Waals surface area contributed by atoms with Gasteiger partial charge < -0.3 is 34.7 Å². The van der Waals surface area contributed by atoms with E-state index in [1.165, 1.54) is 37.1 Å². The summed E-state index contributed by atoms with van der Waals surface area (Å²) < 4.78 is 42.8. The molecule has 4 rings (SSSR count). The van der Waals surface area contributed by atoms with Gasteiger partial charge in [0.15, 0.2) is 23.0 Å². The third-order valence-corrected chi connectivity index (χ3v) is 7.64. The number of benzene rings is 1. The minimum absolute atomic E-state index is 0.0843. The summed E-state index contributed by atoms with van der Waals surface area (Å²) in [7, 11) is -3.00. The van der Waals surface area contributed by atoms with Crippen LogP contribution >= 0.6 is 7.75 Å². The number of nitrogen functional groups attached to an aromatic ring is 1. The van der Waals surface area contributed by atoms with Crippen molar-refractivity contribution in [3.63, 3.8) is 0 Å². The standard InChI is InChI=1S/C25H31N6O9P/c1-6-25(12-37-41(35,40-16-10-8-7-9-11-16)30-15(4)23(34)38-14(2)3)19(33)18(32)22(39-25)31-13-27-17-20(31)28-24(26)29-21(17)36-5/h1,7-11,13-15,18-19,22,32-33H,12H2,2-5H3,(H,30,35)(H2,26,28,29)/t15-,18?,19+,22+,25+,41-/m0/s1. The molecule has 0 amide bonds.